The molecular weight excluding hydrogens is 288 g/mol. The molecule has 0 radical (unpaired) electrons. The Balaban J connectivity index is 1.80. The zero-order valence-corrected chi connectivity index (χ0v) is 13.5. The third-order valence-corrected chi connectivity index (χ3v) is 4.50. The van der Waals surface area contributed by atoms with E-state index < -0.39 is 0 Å². The lowest BCUT2D eigenvalue weighted by atomic mass is 9.90. The van der Waals surface area contributed by atoms with Crippen LogP contribution in [0.3, 0.4) is 0 Å². The van der Waals surface area contributed by atoms with Crippen LogP contribution in [0.4, 0.5) is 5.82 Å². The molecule has 3 heterocycles. The van der Waals surface area contributed by atoms with Gasteiger partial charge in [-0.3, -0.25) is 4.79 Å². The number of nitrogens with one attached hydrogen (secondary N) is 1. The van der Waals surface area contributed by atoms with Crippen molar-refractivity contribution in [1.29, 1.82) is 5.26 Å². The highest BCUT2D eigenvalue weighted by molar-refractivity contribution is 5.58. The number of aromatic amines is 1. The van der Waals surface area contributed by atoms with E-state index in [9.17, 15) is 10.1 Å². The summed E-state index contributed by atoms with van der Waals surface area (Å²) in [6, 6.07) is 7.91. The molecule has 3 rings (SSSR count). The van der Waals surface area contributed by atoms with Gasteiger partial charge in [-0.05, 0) is 55.9 Å². The maximum Gasteiger partial charge on any atom is 0.248 e. The second-order valence-corrected chi connectivity index (χ2v) is 6.14. The number of anilines is 1. The van der Waals surface area contributed by atoms with Gasteiger partial charge < -0.3 is 9.88 Å². The van der Waals surface area contributed by atoms with Crippen LogP contribution < -0.4 is 10.5 Å². The molecule has 0 unspecified atom stereocenters. The van der Waals surface area contributed by atoms with Crippen molar-refractivity contribution in [3.05, 3.63) is 57.1 Å². The van der Waals surface area contributed by atoms with Gasteiger partial charge in [0, 0.05) is 31.0 Å². The summed E-state index contributed by atoms with van der Waals surface area (Å²) in [5.74, 6) is 1.19. The first-order valence-electron chi connectivity index (χ1n) is 7.90. The van der Waals surface area contributed by atoms with Crippen LogP contribution in [-0.4, -0.2) is 23.1 Å². The first kappa shape index (κ1) is 15.3. The third kappa shape index (κ3) is 3.11. The highest BCUT2D eigenvalue weighted by Crippen LogP contribution is 2.31. The van der Waals surface area contributed by atoms with Crippen molar-refractivity contribution in [1.82, 2.24) is 9.97 Å². The molecular formula is C18H20N4O. The van der Waals surface area contributed by atoms with Crippen LogP contribution in [0, 0.1) is 25.2 Å². The second kappa shape index (κ2) is 6.25. The summed E-state index contributed by atoms with van der Waals surface area (Å²) < 4.78 is 0. The van der Waals surface area contributed by atoms with Gasteiger partial charge in [0.05, 0.1) is 5.56 Å². The molecule has 1 aliphatic rings. The van der Waals surface area contributed by atoms with Gasteiger partial charge in [-0.25, -0.2) is 4.98 Å². The van der Waals surface area contributed by atoms with Crippen molar-refractivity contribution in [2.75, 3.05) is 18.0 Å². The number of nitrogens with zero attached hydrogens (tertiary/aromatic N) is 3. The van der Waals surface area contributed by atoms with Crippen LogP contribution in [0.1, 0.15) is 41.1 Å². The summed E-state index contributed by atoms with van der Waals surface area (Å²) in [6.07, 6.45) is 3.63. The Morgan fingerprint density at radius 1 is 1.30 bits per heavy atom. The summed E-state index contributed by atoms with van der Waals surface area (Å²) >= 11 is 0. The van der Waals surface area contributed by atoms with Crippen LogP contribution in [0.15, 0.2) is 29.2 Å². The number of piperidine rings is 1. The van der Waals surface area contributed by atoms with E-state index in [1.807, 2.05) is 26.0 Å². The van der Waals surface area contributed by atoms with E-state index >= 15 is 0 Å². The van der Waals surface area contributed by atoms with Crippen LogP contribution in [-0.2, 0) is 0 Å². The topological polar surface area (TPSA) is 72.8 Å². The molecule has 1 saturated heterocycles. The fourth-order valence-electron chi connectivity index (χ4n) is 3.32. The molecule has 1 N–H and O–H groups in total. The van der Waals surface area contributed by atoms with Crippen molar-refractivity contribution in [2.24, 2.45) is 0 Å². The Labute approximate surface area is 135 Å². The van der Waals surface area contributed by atoms with Crippen LogP contribution in [0.5, 0.6) is 0 Å². The second-order valence-electron chi connectivity index (χ2n) is 6.14. The van der Waals surface area contributed by atoms with Gasteiger partial charge in [0.2, 0.25) is 5.56 Å². The maximum absolute atomic E-state index is 11.5. The smallest absolute Gasteiger partial charge is 0.248 e. The minimum Gasteiger partial charge on any atom is -0.355 e. The minimum absolute atomic E-state index is 0.0485. The zero-order valence-electron chi connectivity index (χ0n) is 13.5. The molecule has 1 aliphatic heterocycles. The number of pyridine rings is 2. The monoisotopic (exact) mass is 308 g/mol. The van der Waals surface area contributed by atoms with Gasteiger partial charge in [0.1, 0.15) is 11.9 Å². The molecule has 0 aromatic carbocycles. The standard InChI is InChI=1S/C18H20N4O/c1-12-9-13(2)21-18(16(12)11-19)22-7-4-14(5-8-22)15-3-6-20-17(23)10-15/h3,6,9-10,14H,4-5,7-8H2,1-2H3,(H,20,23). The molecule has 5 heteroatoms. The number of aryl methyl sites for hydroxylation is 2. The Hall–Kier alpha value is -2.61. The normalized spacial score (nSPS) is 15.4. The molecule has 0 saturated carbocycles. The Morgan fingerprint density at radius 2 is 2.04 bits per heavy atom. The SMILES string of the molecule is Cc1cc(C)c(C#N)c(N2CCC(c3cc[nH]c(=O)c3)CC2)n1. The lowest BCUT2D eigenvalue weighted by molar-refractivity contribution is 0.501. The fourth-order valence-corrected chi connectivity index (χ4v) is 3.32. The summed E-state index contributed by atoms with van der Waals surface area (Å²) in [5.41, 5.74) is 3.64. The lowest BCUT2D eigenvalue weighted by Crippen LogP contribution is -2.34. The number of aromatic nitrogens is 2. The van der Waals surface area contributed by atoms with Gasteiger partial charge in [-0.15, -0.1) is 0 Å². The van der Waals surface area contributed by atoms with E-state index in [1.165, 1.54) is 0 Å². The van der Waals surface area contributed by atoms with Crippen LogP contribution >= 0.6 is 0 Å². The van der Waals surface area contributed by atoms with E-state index in [4.69, 9.17) is 0 Å². The number of hydrogen-bond donors (Lipinski definition) is 1. The molecule has 0 spiro atoms. The van der Waals surface area contributed by atoms with E-state index in [2.05, 4.69) is 20.9 Å². The van der Waals surface area contributed by atoms with Gasteiger partial charge in [0.25, 0.3) is 0 Å². The number of hydrogen-bond acceptors (Lipinski definition) is 4. The van der Waals surface area contributed by atoms with E-state index in [1.54, 1.807) is 12.3 Å². The molecule has 0 amide bonds. The van der Waals surface area contributed by atoms with Crippen LogP contribution in [0.25, 0.3) is 0 Å². The third-order valence-electron chi connectivity index (χ3n) is 4.50. The molecule has 1 fully saturated rings. The first-order chi connectivity index (χ1) is 11.1. The first-order valence-corrected chi connectivity index (χ1v) is 7.90. The van der Waals surface area contributed by atoms with Gasteiger partial charge >= 0.3 is 0 Å². The van der Waals surface area contributed by atoms with Crippen molar-refractivity contribution >= 4 is 5.82 Å². The van der Waals surface area contributed by atoms with Crippen molar-refractivity contribution in [3.63, 3.8) is 0 Å². The highest BCUT2D eigenvalue weighted by Gasteiger charge is 2.24. The van der Waals surface area contributed by atoms with Gasteiger partial charge in [0.15, 0.2) is 0 Å². The van der Waals surface area contributed by atoms with Crippen molar-refractivity contribution in [2.45, 2.75) is 32.6 Å². The fraction of sp³-hybridized carbons (Fsp3) is 0.389. The quantitative estimate of drug-likeness (QED) is 0.925. The Kier molecular flexibility index (Phi) is 4.16. The predicted molar refractivity (Wildman–Crippen MR) is 89.7 cm³/mol. The molecule has 23 heavy (non-hydrogen) atoms. The molecule has 0 aliphatic carbocycles. The molecule has 2 aromatic heterocycles. The summed E-state index contributed by atoms with van der Waals surface area (Å²) in [4.78, 5) is 20.9. The molecule has 0 atom stereocenters. The molecule has 118 valence electrons. The van der Waals surface area contributed by atoms with Crippen molar-refractivity contribution in [3.8, 4) is 6.07 Å². The zero-order chi connectivity index (χ0) is 16.4. The summed E-state index contributed by atoms with van der Waals surface area (Å²) in [5, 5.41) is 9.43. The predicted octanol–water partition coefficient (Wildman–Crippen LogP) is 2.64. The molecule has 2 aromatic rings. The maximum atomic E-state index is 11.5. The summed E-state index contributed by atoms with van der Waals surface area (Å²) in [7, 11) is 0. The van der Waals surface area contributed by atoms with Gasteiger partial charge in [-0.1, -0.05) is 0 Å². The highest BCUT2D eigenvalue weighted by atomic mass is 16.1. The Bertz CT molecular complexity index is 811. The van der Waals surface area contributed by atoms with E-state index in [-0.39, 0.29) is 5.56 Å². The summed E-state index contributed by atoms with van der Waals surface area (Å²) in [6.45, 7) is 5.62. The van der Waals surface area contributed by atoms with Crippen molar-refractivity contribution < 1.29 is 0 Å². The minimum atomic E-state index is -0.0485. The molecule has 0 bridgehead atoms. The average molecular weight is 308 g/mol. The Morgan fingerprint density at radius 3 is 2.70 bits per heavy atom. The van der Waals surface area contributed by atoms with Crippen LogP contribution in [0.2, 0.25) is 0 Å². The van der Waals surface area contributed by atoms with Gasteiger partial charge in [-0.2, -0.15) is 5.26 Å². The number of H-pyrrole nitrogens is 1. The number of nitriles is 1. The largest absolute Gasteiger partial charge is 0.355 e. The van der Waals surface area contributed by atoms with E-state index in [0.29, 0.717) is 11.5 Å². The average Bonchev–Trinajstić information content (AvgIpc) is 2.54. The number of rotatable bonds is 2. The lowest BCUT2D eigenvalue weighted by Gasteiger charge is -2.33. The molecule has 5 nitrogen and oxygen atoms in total. The van der Waals surface area contributed by atoms with E-state index in [0.717, 1.165) is 48.6 Å².